The van der Waals surface area contributed by atoms with E-state index in [-0.39, 0.29) is 23.1 Å². The first kappa shape index (κ1) is 21.2. The van der Waals surface area contributed by atoms with Crippen LogP contribution in [0.1, 0.15) is 25.0 Å². The Hall–Kier alpha value is -2.65. The molecule has 2 aliphatic rings. The molecule has 1 spiro atoms. The molecule has 2 amide bonds. The number of aromatic nitrogens is 3. The van der Waals surface area contributed by atoms with Crippen molar-refractivity contribution < 1.29 is 9.59 Å². The molecule has 2 fully saturated rings. The standard InChI is InChI=1S/C23H25N5O2S2/c1-16-14-31-22(25-16)32-15-20(29)27-11-7-23(8-12-27)13-19(23)21(30)26-17-3-5-18(6-4-17)28-10-2-9-24-28/h2-6,9-10,14,19H,7-8,11-13,15H2,1H3,(H,26,30). The molecule has 2 aromatic heterocycles. The Kier molecular flexibility index (Phi) is 5.77. The molecule has 1 atom stereocenters. The van der Waals surface area contributed by atoms with Gasteiger partial charge in [0.25, 0.3) is 0 Å². The Morgan fingerprint density at radius 2 is 2.03 bits per heavy atom. The number of likely N-dealkylation sites (tertiary alicyclic amines) is 1. The lowest BCUT2D eigenvalue weighted by molar-refractivity contribution is -0.130. The summed E-state index contributed by atoms with van der Waals surface area (Å²) in [5.74, 6) is 0.722. The number of hydrogen-bond donors (Lipinski definition) is 1. The molecule has 0 radical (unpaired) electrons. The van der Waals surface area contributed by atoms with E-state index < -0.39 is 0 Å². The lowest BCUT2D eigenvalue weighted by atomic mass is 9.90. The van der Waals surface area contributed by atoms with Crippen molar-refractivity contribution in [2.45, 2.75) is 30.5 Å². The van der Waals surface area contributed by atoms with Crippen molar-refractivity contribution in [3.05, 3.63) is 53.8 Å². The number of thioether (sulfide) groups is 1. The number of nitrogens with zero attached hydrogens (tertiary/aromatic N) is 4. The number of piperidine rings is 1. The van der Waals surface area contributed by atoms with Gasteiger partial charge in [0.2, 0.25) is 11.8 Å². The summed E-state index contributed by atoms with van der Waals surface area (Å²) in [4.78, 5) is 31.7. The zero-order chi connectivity index (χ0) is 22.1. The maximum absolute atomic E-state index is 12.8. The van der Waals surface area contributed by atoms with Crippen LogP contribution in [-0.2, 0) is 9.59 Å². The monoisotopic (exact) mass is 467 g/mol. The second-order valence-corrected chi connectivity index (χ2v) is 10.6. The van der Waals surface area contributed by atoms with Gasteiger partial charge >= 0.3 is 0 Å². The fourth-order valence-corrected chi connectivity index (χ4v) is 6.19. The number of carbonyl (C=O) groups is 2. The summed E-state index contributed by atoms with van der Waals surface area (Å²) in [5, 5.41) is 9.28. The van der Waals surface area contributed by atoms with Crippen molar-refractivity contribution in [3.8, 4) is 5.69 Å². The van der Waals surface area contributed by atoms with Crippen molar-refractivity contribution >= 4 is 40.6 Å². The van der Waals surface area contributed by atoms with Gasteiger partial charge in [-0.1, -0.05) is 11.8 Å². The largest absolute Gasteiger partial charge is 0.342 e. The number of amides is 2. The van der Waals surface area contributed by atoms with Crippen LogP contribution in [0, 0.1) is 18.3 Å². The first-order chi connectivity index (χ1) is 15.5. The summed E-state index contributed by atoms with van der Waals surface area (Å²) in [6, 6.07) is 9.59. The molecule has 1 unspecified atom stereocenters. The van der Waals surface area contributed by atoms with Gasteiger partial charge in [-0.2, -0.15) is 5.10 Å². The molecule has 7 nitrogen and oxygen atoms in total. The predicted octanol–water partition coefficient (Wildman–Crippen LogP) is 4.00. The van der Waals surface area contributed by atoms with E-state index in [0.717, 1.165) is 53.8 Å². The topological polar surface area (TPSA) is 80.1 Å². The van der Waals surface area contributed by atoms with E-state index in [4.69, 9.17) is 0 Å². The molecule has 9 heteroatoms. The van der Waals surface area contributed by atoms with E-state index in [1.165, 1.54) is 11.8 Å². The van der Waals surface area contributed by atoms with E-state index in [2.05, 4.69) is 15.4 Å². The lowest BCUT2D eigenvalue weighted by Crippen LogP contribution is -2.41. The maximum atomic E-state index is 12.8. The Morgan fingerprint density at radius 3 is 2.69 bits per heavy atom. The van der Waals surface area contributed by atoms with Crippen LogP contribution >= 0.6 is 23.1 Å². The maximum Gasteiger partial charge on any atom is 0.233 e. The number of rotatable bonds is 6. The van der Waals surface area contributed by atoms with Crippen molar-refractivity contribution in [1.29, 1.82) is 0 Å². The SMILES string of the molecule is Cc1csc(SCC(=O)N2CCC3(CC2)CC3C(=O)Nc2ccc(-n3cccn3)cc2)n1. The quantitative estimate of drug-likeness (QED) is 0.555. The molecule has 5 rings (SSSR count). The summed E-state index contributed by atoms with van der Waals surface area (Å²) in [5.41, 5.74) is 2.82. The third-order valence-electron chi connectivity index (χ3n) is 6.44. The molecule has 3 aromatic rings. The third-order valence-corrected chi connectivity index (χ3v) is 8.56. The first-order valence-corrected chi connectivity index (χ1v) is 12.6. The molecule has 3 heterocycles. The highest BCUT2D eigenvalue weighted by molar-refractivity contribution is 8.01. The zero-order valence-electron chi connectivity index (χ0n) is 17.9. The number of benzene rings is 1. The fourth-order valence-electron chi connectivity index (χ4n) is 4.43. The Bertz CT molecular complexity index is 1100. The van der Waals surface area contributed by atoms with Crippen LogP contribution < -0.4 is 5.32 Å². The van der Waals surface area contributed by atoms with Gasteiger partial charge in [0.15, 0.2) is 4.34 Å². The number of aryl methyl sites for hydroxylation is 1. The van der Waals surface area contributed by atoms with Crippen molar-refractivity contribution in [1.82, 2.24) is 19.7 Å². The van der Waals surface area contributed by atoms with Crippen molar-refractivity contribution in [3.63, 3.8) is 0 Å². The Morgan fingerprint density at radius 1 is 1.25 bits per heavy atom. The third kappa shape index (κ3) is 4.45. The highest BCUT2D eigenvalue weighted by atomic mass is 32.2. The van der Waals surface area contributed by atoms with Gasteiger partial charge in [-0.05, 0) is 61.9 Å². The smallest absolute Gasteiger partial charge is 0.233 e. The highest BCUT2D eigenvalue weighted by Gasteiger charge is 2.58. The Labute approximate surface area is 195 Å². The van der Waals surface area contributed by atoms with Crippen molar-refractivity contribution in [2.24, 2.45) is 11.3 Å². The molecule has 1 saturated heterocycles. The average Bonchev–Trinajstić information content (AvgIpc) is 3.14. The molecular formula is C23H25N5O2S2. The van der Waals surface area contributed by atoms with Gasteiger partial charge in [0.1, 0.15) is 0 Å². The molecule has 1 N–H and O–H groups in total. The summed E-state index contributed by atoms with van der Waals surface area (Å²) >= 11 is 3.10. The number of hydrogen-bond acceptors (Lipinski definition) is 6. The van der Waals surface area contributed by atoms with E-state index in [9.17, 15) is 9.59 Å². The van der Waals surface area contributed by atoms with Gasteiger partial charge in [-0.3, -0.25) is 9.59 Å². The lowest BCUT2D eigenvalue weighted by Gasteiger charge is -2.32. The molecule has 1 aliphatic carbocycles. The second-order valence-electron chi connectivity index (χ2n) is 8.53. The van der Waals surface area contributed by atoms with Crippen LogP contribution in [0.4, 0.5) is 5.69 Å². The van der Waals surface area contributed by atoms with Crippen LogP contribution in [0.3, 0.4) is 0 Å². The molecule has 166 valence electrons. The molecule has 0 bridgehead atoms. The summed E-state index contributed by atoms with van der Waals surface area (Å²) in [6.45, 7) is 3.43. The van der Waals surface area contributed by atoms with Gasteiger partial charge in [-0.25, -0.2) is 9.67 Å². The first-order valence-electron chi connectivity index (χ1n) is 10.8. The molecule has 1 aliphatic heterocycles. The second kappa shape index (κ2) is 8.71. The van der Waals surface area contributed by atoms with Crippen molar-refractivity contribution in [2.75, 3.05) is 24.2 Å². The van der Waals surface area contributed by atoms with Gasteiger partial charge in [0, 0.05) is 48.2 Å². The number of nitrogens with one attached hydrogen (secondary N) is 1. The van der Waals surface area contributed by atoms with Gasteiger partial charge in [0.05, 0.1) is 11.4 Å². The van der Waals surface area contributed by atoms with Crippen LogP contribution in [0.5, 0.6) is 0 Å². The Balaban J connectivity index is 1.09. The van der Waals surface area contributed by atoms with E-state index in [0.29, 0.717) is 5.75 Å². The predicted molar refractivity (Wildman–Crippen MR) is 126 cm³/mol. The van der Waals surface area contributed by atoms with E-state index in [1.807, 2.05) is 53.7 Å². The van der Waals surface area contributed by atoms with Crippen LogP contribution in [0.2, 0.25) is 0 Å². The minimum atomic E-state index is 0.0400. The summed E-state index contributed by atoms with van der Waals surface area (Å²) in [6.07, 6.45) is 6.34. The highest BCUT2D eigenvalue weighted by Crippen LogP contribution is 2.59. The van der Waals surface area contributed by atoms with Crippen LogP contribution in [0.25, 0.3) is 5.69 Å². The molecule has 32 heavy (non-hydrogen) atoms. The number of carbonyl (C=O) groups excluding carboxylic acids is 2. The number of anilines is 1. The van der Waals surface area contributed by atoms with Crippen LogP contribution in [-0.4, -0.2) is 50.3 Å². The van der Waals surface area contributed by atoms with Crippen LogP contribution in [0.15, 0.2) is 52.4 Å². The van der Waals surface area contributed by atoms with E-state index >= 15 is 0 Å². The summed E-state index contributed by atoms with van der Waals surface area (Å²) in [7, 11) is 0. The average molecular weight is 468 g/mol. The molecular weight excluding hydrogens is 442 g/mol. The minimum absolute atomic E-state index is 0.0400. The van der Waals surface area contributed by atoms with E-state index in [1.54, 1.807) is 22.2 Å². The number of thiazole rings is 1. The molecule has 1 aromatic carbocycles. The normalized spacial score (nSPS) is 19.2. The van der Waals surface area contributed by atoms with Gasteiger partial charge < -0.3 is 10.2 Å². The zero-order valence-corrected chi connectivity index (χ0v) is 19.5. The fraction of sp³-hybridized carbons (Fsp3) is 0.391. The summed E-state index contributed by atoms with van der Waals surface area (Å²) < 4.78 is 2.73. The molecule has 1 saturated carbocycles. The minimum Gasteiger partial charge on any atom is -0.342 e. The van der Waals surface area contributed by atoms with Gasteiger partial charge in [-0.15, -0.1) is 11.3 Å².